The molecule has 0 radical (unpaired) electrons. The molecule has 2 aromatic rings. The summed E-state index contributed by atoms with van der Waals surface area (Å²) in [5.74, 6) is -0.684. The van der Waals surface area contributed by atoms with Crippen LogP contribution in [-0.2, 0) is 12.8 Å². The number of hydrogen-bond acceptors (Lipinski definition) is 3. The third-order valence-corrected chi connectivity index (χ3v) is 6.31. The molecule has 1 N–H and O–H groups in total. The number of carboxylic acids is 1. The normalized spacial score (nSPS) is 14.4. The van der Waals surface area contributed by atoms with Crippen molar-refractivity contribution in [2.75, 3.05) is 13.1 Å². The largest absolute Gasteiger partial charge is 0.478 e. The minimum absolute atomic E-state index is 0.0709. The Hall–Kier alpha value is -3.13. The molecule has 5 nitrogen and oxygen atoms in total. The van der Waals surface area contributed by atoms with E-state index in [4.69, 9.17) is 5.26 Å². The molecule has 0 bridgehead atoms. The highest BCUT2D eigenvalue weighted by Crippen LogP contribution is 2.31. The van der Waals surface area contributed by atoms with E-state index in [2.05, 4.69) is 6.07 Å². The molecule has 1 amide bonds. The van der Waals surface area contributed by atoms with Crippen LogP contribution in [0, 0.1) is 18.3 Å². The molecule has 0 unspecified atom stereocenters. The number of hydrogen-bond donors (Lipinski definition) is 1. The first kappa shape index (κ1) is 21.6. The molecule has 1 fully saturated rings. The highest BCUT2D eigenvalue weighted by Gasteiger charge is 2.28. The van der Waals surface area contributed by atoms with Crippen molar-refractivity contribution in [1.82, 2.24) is 4.90 Å². The van der Waals surface area contributed by atoms with Crippen molar-refractivity contribution < 1.29 is 14.7 Å². The monoisotopic (exact) mass is 404 g/mol. The second-order valence-electron chi connectivity index (χ2n) is 7.87. The first-order valence-electron chi connectivity index (χ1n) is 10.6. The van der Waals surface area contributed by atoms with Gasteiger partial charge in [0.25, 0.3) is 5.91 Å². The topological polar surface area (TPSA) is 81.4 Å². The van der Waals surface area contributed by atoms with Gasteiger partial charge in [0.05, 0.1) is 17.2 Å². The van der Waals surface area contributed by atoms with Gasteiger partial charge in [0, 0.05) is 18.7 Å². The molecule has 3 rings (SSSR count). The molecule has 30 heavy (non-hydrogen) atoms. The average Bonchev–Trinajstić information content (AvgIpc) is 2.78. The molecule has 0 saturated carbocycles. The highest BCUT2D eigenvalue weighted by atomic mass is 16.4. The predicted molar refractivity (Wildman–Crippen MR) is 116 cm³/mol. The maximum atomic E-state index is 13.3. The van der Waals surface area contributed by atoms with Crippen molar-refractivity contribution in [3.63, 3.8) is 0 Å². The Kier molecular flexibility index (Phi) is 6.56. The molecule has 1 heterocycles. The summed E-state index contributed by atoms with van der Waals surface area (Å²) in [7, 11) is 0. The molecule has 156 valence electrons. The number of benzene rings is 2. The van der Waals surface area contributed by atoms with Crippen molar-refractivity contribution in [1.29, 1.82) is 5.26 Å². The molecule has 1 aliphatic heterocycles. The van der Waals surface area contributed by atoms with E-state index < -0.39 is 5.97 Å². The van der Waals surface area contributed by atoms with Crippen LogP contribution in [0.15, 0.2) is 30.3 Å². The Morgan fingerprint density at radius 1 is 1.07 bits per heavy atom. The summed E-state index contributed by atoms with van der Waals surface area (Å²) in [5.41, 5.74) is 5.32. The van der Waals surface area contributed by atoms with Crippen LogP contribution in [0.3, 0.4) is 0 Å². The van der Waals surface area contributed by atoms with Gasteiger partial charge in [-0.1, -0.05) is 26.0 Å². The molecule has 1 aliphatic rings. The first-order valence-corrected chi connectivity index (χ1v) is 10.6. The summed E-state index contributed by atoms with van der Waals surface area (Å²) < 4.78 is 0. The van der Waals surface area contributed by atoms with Crippen molar-refractivity contribution in [2.45, 2.75) is 52.4 Å². The summed E-state index contributed by atoms with van der Waals surface area (Å²) in [5, 5.41) is 18.6. The number of nitriles is 1. The van der Waals surface area contributed by atoms with Crippen molar-refractivity contribution in [3.05, 3.63) is 69.3 Å². The molecular formula is C25H28N2O3. The van der Waals surface area contributed by atoms with Crippen LogP contribution in [0.25, 0.3) is 0 Å². The molecule has 2 aromatic carbocycles. The lowest BCUT2D eigenvalue weighted by molar-refractivity contribution is 0.0695. The van der Waals surface area contributed by atoms with Gasteiger partial charge in [0.2, 0.25) is 0 Å². The lowest BCUT2D eigenvalue weighted by atomic mass is 9.87. The number of nitrogens with zero attached hydrogens (tertiary/aromatic N) is 2. The summed E-state index contributed by atoms with van der Waals surface area (Å²) in [6.07, 6.45) is 3.04. The Balaban J connectivity index is 1.82. The van der Waals surface area contributed by atoms with Gasteiger partial charge in [-0.05, 0) is 79.0 Å². The average molecular weight is 405 g/mol. The maximum absolute atomic E-state index is 13.3. The number of aromatic carboxylic acids is 1. The third kappa shape index (κ3) is 4.09. The number of piperidine rings is 1. The molecule has 5 heteroatoms. The minimum atomic E-state index is -0.980. The Labute approximate surface area is 177 Å². The van der Waals surface area contributed by atoms with E-state index in [0.717, 1.165) is 29.5 Å². The number of amides is 1. The summed E-state index contributed by atoms with van der Waals surface area (Å²) >= 11 is 0. The van der Waals surface area contributed by atoms with Gasteiger partial charge in [-0.2, -0.15) is 5.26 Å². The van der Waals surface area contributed by atoms with E-state index in [-0.39, 0.29) is 11.5 Å². The van der Waals surface area contributed by atoms with E-state index in [1.807, 2.05) is 49.9 Å². The van der Waals surface area contributed by atoms with E-state index in [0.29, 0.717) is 43.0 Å². The molecule has 0 aliphatic carbocycles. The van der Waals surface area contributed by atoms with E-state index in [9.17, 15) is 14.7 Å². The van der Waals surface area contributed by atoms with Gasteiger partial charge in [0.1, 0.15) is 0 Å². The van der Waals surface area contributed by atoms with Crippen LogP contribution in [0.2, 0.25) is 0 Å². The van der Waals surface area contributed by atoms with Gasteiger partial charge < -0.3 is 10.0 Å². The smallest absolute Gasteiger partial charge is 0.335 e. The second-order valence-corrected chi connectivity index (χ2v) is 7.87. The standard InChI is InChI=1S/C25H28N2O3/c1-4-20-16(3)21(5-2)23(25(29)30)14-22(20)24(28)27-12-10-19(11-13-27)18-8-6-17(15-26)7-9-18/h6-9,14,19H,4-5,10-13H2,1-3H3,(H,29,30). The quantitative estimate of drug-likeness (QED) is 0.782. The zero-order valence-electron chi connectivity index (χ0n) is 17.9. The van der Waals surface area contributed by atoms with Crippen LogP contribution >= 0.6 is 0 Å². The summed E-state index contributed by atoms with van der Waals surface area (Å²) in [6, 6.07) is 11.4. The lowest BCUT2D eigenvalue weighted by Crippen LogP contribution is -2.38. The maximum Gasteiger partial charge on any atom is 0.335 e. The van der Waals surface area contributed by atoms with Crippen LogP contribution in [-0.4, -0.2) is 35.0 Å². The lowest BCUT2D eigenvalue weighted by Gasteiger charge is -2.33. The predicted octanol–water partition coefficient (Wildman–Crippen LogP) is 4.71. The van der Waals surface area contributed by atoms with Gasteiger partial charge in [-0.15, -0.1) is 0 Å². The number of carbonyl (C=O) groups excluding carboxylic acids is 1. The number of rotatable bonds is 5. The molecule has 0 aromatic heterocycles. The fraction of sp³-hybridized carbons (Fsp3) is 0.400. The molecule has 1 saturated heterocycles. The van der Waals surface area contributed by atoms with Gasteiger partial charge in [-0.3, -0.25) is 4.79 Å². The SMILES string of the molecule is CCc1c(C(=O)O)cc(C(=O)N2CCC(c3ccc(C#N)cc3)CC2)c(CC)c1C. The zero-order chi connectivity index (χ0) is 21.8. The van der Waals surface area contributed by atoms with E-state index >= 15 is 0 Å². The molecular weight excluding hydrogens is 376 g/mol. The van der Waals surface area contributed by atoms with E-state index in [1.165, 1.54) is 5.56 Å². The van der Waals surface area contributed by atoms with Crippen molar-refractivity contribution in [2.24, 2.45) is 0 Å². The summed E-state index contributed by atoms with van der Waals surface area (Å²) in [4.78, 5) is 27.0. The van der Waals surface area contributed by atoms with E-state index in [1.54, 1.807) is 6.07 Å². The van der Waals surface area contributed by atoms with Crippen LogP contribution in [0.4, 0.5) is 0 Å². The van der Waals surface area contributed by atoms with Crippen molar-refractivity contribution >= 4 is 11.9 Å². The second kappa shape index (κ2) is 9.13. The van der Waals surface area contributed by atoms with Gasteiger partial charge in [0.15, 0.2) is 0 Å². The Morgan fingerprint density at radius 3 is 2.13 bits per heavy atom. The minimum Gasteiger partial charge on any atom is -0.478 e. The van der Waals surface area contributed by atoms with Crippen LogP contribution in [0.1, 0.15) is 81.1 Å². The third-order valence-electron chi connectivity index (χ3n) is 6.31. The molecule has 0 spiro atoms. The van der Waals surface area contributed by atoms with Gasteiger partial charge >= 0.3 is 5.97 Å². The van der Waals surface area contributed by atoms with Gasteiger partial charge in [-0.25, -0.2) is 4.79 Å². The highest BCUT2D eigenvalue weighted by molar-refractivity contribution is 6.00. The number of carboxylic acid groups (broad SMARTS) is 1. The fourth-order valence-electron chi connectivity index (χ4n) is 4.61. The molecule has 0 atom stereocenters. The zero-order valence-corrected chi connectivity index (χ0v) is 17.9. The first-order chi connectivity index (χ1) is 14.4. The number of likely N-dealkylation sites (tertiary alicyclic amines) is 1. The van der Waals surface area contributed by atoms with Crippen LogP contribution < -0.4 is 0 Å². The number of carbonyl (C=O) groups is 2. The van der Waals surface area contributed by atoms with Crippen LogP contribution in [0.5, 0.6) is 0 Å². The Morgan fingerprint density at radius 2 is 1.63 bits per heavy atom. The Bertz CT molecular complexity index is 995. The van der Waals surface area contributed by atoms with Crippen molar-refractivity contribution in [3.8, 4) is 6.07 Å². The summed E-state index contributed by atoms with van der Waals surface area (Å²) in [6.45, 7) is 7.17. The fourth-order valence-corrected chi connectivity index (χ4v) is 4.61.